The van der Waals surface area contributed by atoms with E-state index in [4.69, 9.17) is 9.47 Å². The molecule has 4 nitrogen and oxygen atoms in total. The first-order valence-electron chi connectivity index (χ1n) is 5.82. The van der Waals surface area contributed by atoms with E-state index in [1.54, 1.807) is 13.2 Å². The lowest BCUT2D eigenvalue weighted by atomic mass is 10.2. The molecule has 0 spiro atoms. The zero-order chi connectivity index (χ0) is 13.4. The smallest absolute Gasteiger partial charge is 0.244 e. The molecule has 0 unspecified atom stereocenters. The Bertz CT molecular complexity index is 396. The summed E-state index contributed by atoms with van der Waals surface area (Å²) in [6.07, 6.45) is 3.28. The normalized spacial score (nSPS) is 10.9. The summed E-state index contributed by atoms with van der Waals surface area (Å²) in [5.74, 6) is 0.644. The van der Waals surface area contributed by atoms with Crippen LogP contribution in [0.2, 0.25) is 0 Å². The maximum atomic E-state index is 11.4. The maximum absolute atomic E-state index is 11.4. The number of hydrogen-bond donors (Lipinski definition) is 1. The van der Waals surface area contributed by atoms with E-state index in [1.807, 2.05) is 38.1 Å². The average molecular weight is 249 g/mol. The Labute approximate surface area is 108 Å². The minimum absolute atomic E-state index is 0.0929. The molecule has 18 heavy (non-hydrogen) atoms. The molecule has 4 heteroatoms. The van der Waals surface area contributed by atoms with Gasteiger partial charge in [0.1, 0.15) is 5.75 Å². The highest BCUT2D eigenvalue weighted by molar-refractivity contribution is 5.91. The Hall–Kier alpha value is -1.81. The topological polar surface area (TPSA) is 47.6 Å². The zero-order valence-corrected chi connectivity index (χ0v) is 11.0. The van der Waals surface area contributed by atoms with Crippen molar-refractivity contribution in [1.82, 2.24) is 5.32 Å². The summed E-state index contributed by atoms with van der Waals surface area (Å²) in [5.41, 5.74) is 0.943. The molecule has 0 aromatic heterocycles. The molecule has 1 amide bonds. The van der Waals surface area contributed by atoms with Crippen LogP contribution >= 0.6 is 0 Å². The Balaban J connectivity index is 2.52. The average Bonchev–Trinajstić information content (AvgIpc) is 2.34. The first-order chi connectivity index (χ1) is 8.61. The van der Waals surface area contributed by atoms with E-state index in [0.717, 1.165) is 11.3 Å². The van der Waals surface area contributed by atoms with Crippen LogP contribution in [0.5, 0.6) is 5.75 Å². The number of carbonyl (C=O) groups excluding carboxylic acids is 1. The quantitative estimate of drug-likeness (QED) is 0.621. The number of nitrogens with one attached hydrogen (secondary N) is 1. The van der Waals surface area contributed by atoms with E-state index < -0.39 is 0 Å². The van der Waals surface area contributed by atoms with E-state index in [-0.39, 0.29) is 18.7 Å². The van der Waals surface area contributed by atoms with Gasteiger partial charge in [0, 0.05) is 19.2 Å². The number of hydrogen-bond acceptors (Lipinski definition) is 3. The summed E-state index contributed by atoms with van der Waals surface area (Å²) < 4.78 is 10.1. The third-order valence-corrected chi connectivity index (χ3v) is 2.08. The molecule has 0 fully saturated rings. The molecule has 0 radical (unpaired) electrons. The molecule has 1 aromatic carbocycles. The van der Waals surface area contributed by atoms with Crippen LogP contribution in [0.3, 0.4) is 0 Å². The van der Waals surface area contributed by atoms with Gasteiger partial charge < -0.3 is 14.8 Å². The van der Waals surface area contributed by atoms with Gasteiger partial charge >= 0.3 is 0 Å². The monoisotopic (exact) mass is 249 g/mol. The van der Waals surface area contributed by atoms with Crippen molar-refractivity contribution in [3.05, 3.63) is 35.9 Å². The van der Waals surface area contributed by atoms with Crippen molar-refractivity contribution in [2.24, 2.45) is 0 Å². The summed E-state index contributed by atoms with van der Waals surface area (Å²) >= 11 is 0. The molecule has 0 aliphatic rings. The van der Waals surface area contributed by atoms with Crippen LogP contribution in [-0.2, 0) is 9.53 Å². The van der Waals surface area contributed by atoms with Gasteiger partial charge in [-0.15, -0.1) is 0 Å². The fourth-order valence-corrected chi connectivity index (χ4v) is 1.31. The first kappa shape index (κ1) is 14.3. The highest BCUT2D eigenvalue weighted by Crippen LogP contribution is 2.13. The van der Waals surface area contributed by atoms with Crippen molar-refractivity contribution in [3.63, 3.8) is 0 Å². The second-order valence-electron chi connectivity index (χ2n) is 4.12. The van der Waals surface area contributed by atoms with Gasteiger partial charge in [-0.2, -0.15) is 0 Å². The Morgan fingerprint density at radius 3 is 2.56 bits per heavy atom. The van der Waals surface area contributed by atoms with Crippen LogP contribution in [-0.4, -0.2) is 25.9 Å². The molecule has 0 heterocycles. The molecule has 0 aliphatic heterocycles. The lowest BCUT2D eigenvalue weighted by molar-refractivity contribution is -0.116. The van der Waals surface area contributed by atoms with Crippen molar-refractivity contribution in [2.45, 2.75) is 19.9 Å². The molecular formula is C14H19NO3. The van der Waals surface area contributed by atoms with E-state index in [1.165, 1.54) is 6.08 Å². The van der Waals surface area contributed by atoms with Crippen molar-refractivity contribution in [1.29, 1.82) is 0 Å². The summed E-state index contributed by atoms with van der Waals surface area (Å²) in [6, 6.07) is 7.57. The number of benzene rings is 1. The standard InChI is InChI=1S/C14H19NO3/c1-11(2)15-14(16)9-6-12-4-7-13(8-5-12)18-10-17-3/h4-9,11H,10H2,1-3H3,(H,15,16)/b9-6+. The van der Waals surface area contributed by atoms with Crippen LogP contribution in [0.25, 0.3) is 6.08 Å². The van der Waals surface area contributed by atoms with Gasteiger partial charge in [-0.05, 0) is 37.6 Å². The Morgan fingerprint density at radius 2 is 2.00 bits per heavy atom. The number of methoxy groups -OCH3 is 1. The molecule has 1 rings (SSSR count). The lowest BCUT2D eigenvalue weighted by Gasteiger charge is -2.05. The second kappa shape index (κ2) is 7.50. The summed E-state index contributed by atoms with van der Waals surface area (Å²) in [4.78, 5) is 11.4. The molecule has 0 atom stereocenters. The van der Waals surface area contributed by atoms with Crippen molar-refractivity contribution >= 4 is 12.0 Å². The third-order valence-electron chi connectivity index (χ3n) is 2.08. The fourth-order valence-electron chi connectivity index (χ4n) is 1.31. The largest absolute Gasteiger partial charge is 0.468 e. The Kier molecular flexibility index (Phi) is 5.94. The number of carbonyl (C=O) groups is 1. The third kappa shape index (κ3) is 5.50. The highest BCUT2D eigenvalue weighted by Gasteiger charge is 1.97. The second-order valence-corrected chi connectivity index (χ2v) is 4.12. The molecule has 0 bridgehead atoms. The lowest BCUT2D eigenvalue weighted by Crippen LogP contribution is -2.28. The molecule has 0 aliphatic carbocycles. The van der Waals surface area contributed by atoms with E-state index >= 15 is 0 Å². The van der Waals surface area contributed by atoms with Gasteiger partial charge in [0.25, 0.3) is 0 Å². The highest BCUT2D eigenvalue weighted by atomic mass is 16.7. The van der Waals surface area contributed by atoms with Crippen LogP contribution in [0.4, 0.5) is 0 Å². The minimum atomic E-state index is -0.0929. The summed E-state index contributed by atoms with van der Waals surface area (Å²) in [5, 5.41) is 2.79. The van der Waals surface area contributed by atoms with Gasteiger partial charge in [0.05, 0.1) is 0 Å². The van der Waals surface area contributed by atoms with Crippen molar-refractivity contribution < 1.29 is 14.3 Å². The summed E-state index contributed by atoms with van der Waals surface area (Å²) in [7, 11) is 1.57. The van der Waals surface area contributed by atoms with Gasteiger partial charge in [-0.25, -0.2) is 0 Å². The van der Waals surface area contributed by atoms with Crippen LogP contribution in [0.15, 0.2) is 30.3 Å². The van der Waals surface area contributed by atoms with E-state index in [0.29, 0.717) is 0 Å². The molecule has 0 saturated carbocycles. The molecule has 0 saturated heterocycles. The predicted octanol–water partition coefficient (Wildman–Crippen LogP) is 2.21. The molecular weight excluding hydrogens is 230 g/mol. The van der Waals surface area contributed by atoms with Crippen LogP contribution in [0, 0.1) is 0 Å². The molecule has 1 N–H and O–H groups in total. The summed E-state index contributed by atoms with van der Waals surface area (Å²) in [6.45, 7) is 4.08. The van der Waals surface area contributed by atoms with Gasteiger partial charge in [0.2, 0.25) is 5.91 Å². The van der Waals surface area contributed by atoms with E-state index in [2.05, 4.69) is 5.32 Å². The van der Waals surface area contributed by atoms with Gasteiger partial charge in [-0.3, -0.25) is 4.79 Å². The zero-order valence-electron chi connectivity index (χ0n) is 11.0. The van der Waals surface area contributed by atoms with Crippen LogP contribution in [0.1, 0.15) is 19.4 Å². The fraction of sp³-hybridized carbons (Fsp3) is 0.357. The van der Waals surface area contributed by atoms with Gasteiger partial charge in [-0.1, -0.05) is 12.1 Å². The van der Waals surface area contributed by atoms with Crippen LogP contribution < -0.4 is 10.1 Å². The number of amides is 1. The van der Waals surface area contributed by atoms with Crippen molar-refractivity contribution in [3.8, 4) is 5.75 Å². The van der Waals surface area contributed by atoms with E-state index in [9.17, 15) is 4.79 Å². The minimum Gasteiger partial charge on any atom is -0.468 e. The Morgan fingerprint density at radius 1 is 1.33 bits per heavy atom. The number of ether oxygens (including phenoxy) is 2. The predicted molar refractivity (Wildman–Crippen MR) is 71.3 cm³/mol. The maximum Gasteiger partial charge on any atom is 0.244 e. The number of rotatable bonds is 6. The van der Waals surface area contributed by atoms with Gasteiger partial charge in [0.15, 0.2) is 6.79 Å². The SMILES string of the molecule is COCOc1ccc(/C=C/C(=O)NC(C)C)cc1. The molecule has 1 aromatic rings. The van der Waals surface area contributed by atoms with Crippen molar-refractivity contribution in [2.75, 3.05) is 13.9 Å². The molecule has 98 valence electrons. The first-order valence-corrected chi connectivity index (χ1v) is 5.82.